The van der Waals surface area contributed by atoms with E-state index in [1.54, 1.807) is 11.3 Å². The molecule has 0 aliphatic heterocycles. The smallest absolute Gasteiger partial charge is 0.310 e. The monoisotopic (exact) mass is 341 g/mol. The topological polar surface area (TPSA) is 64.1 Å². The summed E-state index contributed by atoms with van der Waals surface area (Å²) in [5.41, 5.74) is 2.30. The lowest BCUT2D eigenvalue weighted by Crippen LogP contribution is -2.26. The highest BCUT2D eigenvalue weighted by Crippen LogP contribution is 2.24. The summed E-state index contributed by atoms with van der Waals surface area (Å²) >= 11 is 1.57. The van der Waals surface area contributed by atoms with E-state index in [1.807, 2.05) is 36.6 Å². The lowest BCUT2D eigenvalue weighted by Gasteiger charge is -2.16. The van der Waals surface area contributed by atoms with E-state index in [0.29, 0.717) is 13.0 Å². The highest BCUT2D eigenvalue weighted by atomic mass is 32.1. The molecule has 0 radical (unpaired) electrons. The summed E-state index contributed by atoms with van der Waals surface area (Å²) in [4.78, 5) is 21.6. The van der Waals surface area contributed by atoms with Crippen molar-refractivity contribution in [3.63, 3.8) is 0 Å². The average Bonchev–Trinajstić information content (AvgIpc) is 3.07. The number of anilines is 1. The van der Waals surface area contributed by atoms with Crippen molar-refractivity contribution >= 4 is 33.3 Å². The third-order valence-corrected chi connectivity index (χ3v) is 4.70. The molecule has 0 saturated carbocycles. The van der Waals surface area contributed by atoms with E-state index in [0.717, 1.165) is 21.6 Å². The van der Waals surface area contributed by atoms with Gasteiger partial charge in [-0.25, -0.2) is 9.97 Å². The number of benzene rings is 1. The van der Waals surface area contributed by atoms with Crippen LogP contribution in [0, 0.1) is 12.8 Å². The van der Waals surface area contributed by atoms with Gasteiger partial charge in [-0.2, -0.15) is 0 Å². The Bertz CT molecular complexity index is 847. The van der Waals surface area contributed by atoms with Crippen LogP contribution in [0.4, 0.5) is 5.82 Å². The van der Waals surface area contributed by atoms with Crippen LogP contribution in [-0.2, 0) is 16.0 Å². The van der Waals surface area contributed by atoms with Gasteiger partial charge in [0.1, 0.15) is 17.0 Å². The highest BCUT2D eigenvalue weighted by Gasteiger charge is 2.20. The highest BCUT2D eigenvalue weighted by molar-refractivity contribution is 7.16. The van der Waals surface area contributed by atoms with Gasteiger partial charge < -0.3 is 10.1 Å². The minimum absolute atomic E-state index is 0.223. The molecule has 0 aliphatic carbocycles. The Morgan fingerprint density at radius 2 is 2.21 bits per heavy atom. The fraction of sp³-hybridized carbons (Fsp3) is 0.278. The van der Waals surface area contributed by atoms with Crippen LogP contribution in [0.15, 0.2) is 42.0 Å². The minimum atomic E-state index is -0.277. The molecule has 0 saturated heterocycles. The summed E-state index contributed by atoms with van der Waals surface area (Å²) in [6.45, 7) is 2.51. The Kier molecular flexibility index (Phi) is 5.05. The van der Waals surface area contributed by atoms with E-state index in [2.05, 4.69) is 21.4 Å². The lowest BCUT2D eigenvalue weighted by molar-refractivity contribution is -0.144. The molecule has 24 heavy (non-hydrogen) atoms. The molecule has 0 bridgehead atoms. The Morgan fingerprint density at radius 1 is 1.33 bits per heavy atom. The van der Waals surface area contributed by atoms with Crippen molar-refractivity contribution in [1.82, 2.24) is 9.97 Å². The van der Waals surface area contributed by atoms with Crippen molar-refractivity contribution in [2.24, 2.45) is 5.92 Å². The van der Waals surface area contributed by atoms with Crippen LogP contribution >= 0.6 is 11.3 Å². The number of hydrogen-bond acceptors (Lipinski definition) is 6. The van der Waals surface area contributed by atoms with Crippen molar-refractivity contribution < 1.29 is 9.53 Å². The summed E-state index contributed by atoms with van der Waals surface area (Å²) in [6, 6.07) is 10.2. The second kappa shape index (κ2) is 7.40. The lowest BCUT2D eigenvalue weighted by atomic mass is 9.98. The Morgan fingerprint density at radius 3 is 3.00 bits per heavy atom. The van der Waals surface area contributed by atoms with Crippen molar-refractivity contribution in [3.05, 3.63) is 53.2 Å². The second-order valence-corrected chi connectivity index (χ2v) is 6.55. The van der Waals surface area contributed by atoms with E-state index in [4.69, 9.17) is 4.74 Å². The maximum absolute atomic E-state index is 12.1. The van der Waals surface area contributed by atoms with Gasteiger partial charge in [-0.1, -0.05) is 29.8 Å². The summed E-state index contributed by atoms with van der Waals surface area (Å²) in [6.07, 6.45) is 2.16. The molecule has 6 heteroatoms. The third kappa shape index (κ3) is 3.71. The molecular weight excluding hydrogens is 322 g/mol. The summed E-state index contributed by atoms with van der Waals surface area (Å²) in [5, 5.41) is 6.23. The number of aromatic nitrogens is 2. The number of nitrogens with zero attached hydrogens (tertiary/aromatic N) is 2. The van der Waals surface area contributed by atoms with Gasteiger partial charge in [0.2, 0.25) is 0 Å². The van der Waals surface area contributed by atoms with E-state index < -0.39 is 0 Å². The van der Waals surface area contributed by atoms with Crippen LogP contribution in [0.1, 0.15) is 11.1 Å². The Balaban J connectivity index is 1.75. The quantitative estimate of drug-likeness (QED) is 0.696. The number of rotatable bonds is 6. The summed E-state index contributed by atoms with van der Waals surface area (Å²) in [7, 11) is 1.42. The molecule has 0 aliphatic rings. The first-order valence-electron chi connectivity index (χ1n) is 7.73. The van der Waals surface area contributed by atoms with Gasteiger partial charge in [-0.15, -0.1) is 11.3 Å². The number of carbonyl (C=O) groups excluding carboxylic acids is 1. The molecule has 124 valence electrons. The first-order chi connectivity index (χ1) is 11.7. The number of carbonyl (C=O) groups is 1. The van der Waals surface area contributed by atoms with Crippen molar-refractivity contribution in [3.8, 4) is 0 Å². The van der Waals surface area contributed by atoms with Gasteiger partial charge >= 0.3 is 5.97 Å². The van der Waals surface area contributed by atoms with Gasteiger partial charge in [-0.05, 0) is 30.4 Å². The first kappa shape index (κ1) is 16.4. The van der Waals surface area contributed by atoms with E-state index in [1.165, 1.54) is 19.0 Å². The molecule has 2 aromatic heterocycles. The third-order valence-electron chi connectivity index (χ3n) is 3.88. The molecule has 5 nitrogen and oxygen atoms in total. The van der Waals surface area contributed by atoms with E-state index >= 15 is 0 Å². The zero-order valence-electron chi connectivity index (χ0n) is 13.7. The molecule has 3 rings (SSSR count). The van der Waals surface area contributed by atoms with Crippen molar-refractivity contribution in [1.29, 1.82) is 0 Å². The molecule has 0 spiro atoms. The van der Waals surface area contributed by atoms with E-state index in [-0.39, 0.29) is 11.9 Å². The normalized spacial score (nSPS) is 12.1. The molecule has 0 amide bonds. The molecule has 2 heterocycles. The van der Waals surface area contributed by atoms with Gasteiger partial charge in [0, 0.05) is 6.54 Å². The van der Waals surface area contributed by atoms with Crippen LogP contribution in [0.25, 0.3) is 10.2 Å². The number of methoxy groups -OCH3 is 1. The minimum Gasteiger partial charge on any atom is -0.469 e. The maximum atomic E-state index is 12.1. The fourth-order valence-corrected chi connectivity index (χ4v) is 3.41. The molecular formula is C18H19N3O2S. The van der Waals surface area contributed by atoms with Gasteiger partial charge in [-0.3, -0.25) is 4.79 Å². The molecule has 0 fully saturated rings. The first-order valence-corrected chi connectivity index (χ1v) is 8.61. The maximum Gasteiger partial charge on any atom is 0.310 e. The zero-order valence-corrected chi connectivity index (χ0v) is 14.5. The van der Waals surface area contributed by atoms with Crippen molar-refractivity contribution in [2.75, 3.05) is 19.0 Å². The standard InChI is InChI=1S/C18H19N3O2S/c1-12-4-3-5-13(8-12)9-14(18(22)23-2)10-19-16-15-6-7-24-17(15)21-11-20-16/h3-8,11,14H,9-10H2,1-2H3,(H,19,20,21). The molecule has 3 aromatic rings. The van der Waals surface area contributed by atoms with Crippen molar-refractivity contribution in [2.45, 2.75) is 13.3 Å². The van der Waals surface area contributed by atoms with Crippen LogP contribution in [0.5, 0.6) is 0 Å². The second-order valence-electron chi connectivity index (χ2n) is 5.66. The largest absolute Gasteiger partial charge is 0.469 e. The van der Waals surface area contributed by atoms with Crippen LogP contribution in [-0.4, -0.2) is 29.6 Å². The molecule has 1 atom stereocenters. The fourth-order valence-electron chi connectivity index (χ4n) is 2.68. The number of nitrogens with one attached hydrogen (secondary N) is 1. The summed E-state index contributed by atoms with van der Waals surface area (Å²) < 4.78 is 4.97. The van der Waals surface area contributed by atoms with Crippen LogP contribution < -0.4 is 5.32 Å². The van der Waals surface area contributed by atoms with Crippen LogP contribution in [0.2, 0.25) is 0 Å². The predicted molar refractivity (Wildman–Crippen MR) is 96.3 cm³/mol. The zero-order chi connectivity index (χ0) is 16.9. The Hall–Kier alpha value is -2.47. The van der Waals surface area contributed by atoms with E-state index in [9.17, 15) is 4.79 Å². The SMILES string of the molecule is COC(=O)C(CNc1ncnc2sccc12)Cc1cccc(C)c1. The predicted octanol–water partition coefficient (Wildman–Crippen LogP) is 3.44. The molecule has 1 N–H and O–H groups in total. The molecule has 1 aromatic carbocycles. The number of fused-ring (bicyclic) bond motifs is 1. The van der Waals surface area contributed by atoms with Gasteiger partial charge in [0.15, 0.2) is 0 Å². The number of esters is 1. The number of aryl methyl sites for hydroxylation is 1. The Labute approximate surface area is 144 Å². The van der Waals surface area contributed by atoms with Gasteiger partial charge in [0.05, 0.1) is 18.4 Å². The molecule has 1 unspecified atom stereocenters. The number of ether oxygens (including phenoxy) is 1. The number of thiophene rings is 1. The average molecular weight is 341 g/mol. The summed E-state index contributed by atoms with van der Waals surface area (Å²) in [5.74, 6) is 0.250. The number of hydrogen-bond donors (Lipinski definition) is 1. The van der Waals surface area contributed by atoms with Gasteiger partial charge in [0.25, 0.3) is 0 Å². The van der Waals surface area contributed by atoms with Crippen LogP contribution in [0.3, 0.4) is 0 Å².